The highest BCUT2D eigenvalue weighted by atomic mass is 32.2. The Morgan fingerprint density at radius 1 is 1.24 bits per heavy atom. The average Bonchev–Trinajstić information content (AvgIpc) is 3.25. The number of piperidine rings is 1. The number of aromatic nitrogens is 2. The van der Waals surface area contributed by atoms with Gasteiger partial charge in [-0.05, 0) is 37.5 Å². The topological polar surface area (TPSA) is 127 Å². The number of nitro benzene ring substituents is 1. The third-order valence-corrected chi connectivity index (χ3v) is 6.85. The van der Waals surface area contributed by atoms with Crippen LogP contribution in [0.4, 0.5) is 5.69 Å². The van der Waals surface area contributed by atoms with Crippen molar-refractivity contribution in [3.05, 3.63) is 52.8 Å². The summed E-state index contributed by atoms with van der Waals surface area (Å²) in [5.74, 6) is -0.277. The number of non-ortho nitro benzene ring substituents is 1. The zero-order chi connectivity index (χ0) is 20.9. The Balaban J connectivity index is 1.47. The fraction of sp³-hybridized carbons (Fsp3) is 0.444. The van der Waals surface area contributed by atoms with Crippen LogP contribution in [0.1, 0.15) is 19.3 Å². The number of amides is 1. The molecule has 2 heterocycles. The van der Waals surface area contributed by atoms with Crippen molar-refractivity contribution in [3.63, 3.8) is 0 Å². The quantitative estimate of drug-likeness (QED) is 0.390. The first-order chi connectivity index (χ1) is 13.9. The number of nitro groups is 1. The highest BCUT2D eigenvalue weighted by molar-refractivity contribution is 7.89. The average molecular weight is 421 g/mol. The van der Waals surface area contributed by atoms with Gasteiger partial charge >= 0.3 is 0 Å². The number of aryl methyl sites for hydroxylation is 1. The molecule has 0 spiro atoms. The normalized spacial score (nSPS) is 15.9. The number of hydrogen-bond acceptors (Lipinski definition) is 6. The van der Waals surface area contributed by atoms with Crippen LogP contribution in [-0.4, -0.2) is 53.0 Å². The Morgan fingerprint density at radius 3 is 2.52 bits per heavy atom. The van der Waals surface area contributed by atoms with E-state index in [0.717, 1.165) is 13.0 Å². The molecule has 3 rings (SSSR count). The predicted octanol–water partition coefficient (Wildman–Crippen LogP) is 1.40. The predicted molar refractivity (Wildman–Crippen MR) is 104 cm³/mol. The van der Waals surface area contributed by atoms with E-state index in [4.69, 9.17) is 0 Å². The van der Waals surface area contributed by atoms with Gasteiger partial charge in [-0.25, -0.2) is 8.42 Å². The van der Waals surface area contributed by atoms with Gasteiger partial charge in [0.15, 0.2) is 0 Å². The molecule has 1 aromatic carbocycles. The van der Waals surface area contributed by atoms with Crippen LogP contribution in [0.2, 0.25) is 0 Å². The second-order valence-corrected chi connectivity index (χ2v) is 8.78. The van der Waals surface area contributed by atoms with Crippen molar-refractivity contribution in [2.75, 3.05) is 19.6 Å². The minimum Gasteiger partial charge on any atom is -0.356 e. The maximum absolute atomic E-state index is 12.7. The highest BCUT2D eigenvalue weighted by Crippen LogP contribution is 2.25. The lowest BCUT2D eigenvalue weighted by Gasteiger charge is -2.30. The van der Waals surface area contributed by atoms with Gasteiger partial charge < -0.3 is 5.32 Å². The van der Waals surface area contributed by atoms with E-state index >= 15 is 0 Å². The first-order valence-electron chi connectivity index (χ1n) is 9.37. The maximum atomic E-state index is 12.7. The summed E-state index contributed by atoms with van der Waals surface area (Å²) in [5, 5.41) is 17.7. The van der Waals surface area contributed by atoms with Crippen molar-refractivity contribution in [1.29, 1.82) is 0 Å². The second-order valence-electron chi connectivity index (χ2n) is 6.84. The minimum absolute atomic E-state index is 0.0182. The van der Waals surface area contributed by atoms with Gasteiger partial charge in [0.2, 0.25) is 15.9 Å². The maximum Gasteiger partial charge on any atom is 0.269 e. The molecule has 1 amide bonds. The van der Waals surface area contributed by atoms with Gasteiger partial charge in [-0.3, -0.25) is 19.6 Å². The van der Waals surface area contributed by atoms with Crippen molar-refractivity contribution in [2.45, 2.75) is 30.7 Å². The van der Waals surface area contributed by atoms with E-state index in [2.05, 4.69) is 10.4 Å². The Morgan fingerprint density at radius 2 is 1.93 bits per heavy atom. The summed E-state index contributed by atoms with van der Waals surface area (Å²) in [6.45, 7) is 1.74. The molecule has 0 saturated carbocycles. The molecule has 1 saturated heterocycles. The molecular formula is C18H23N5O5S. The summed E-state index contributed by atoms with van der Waals surface area (Å²) in [7, 11) is -3.73. The van der Waals surface area contributed by atoms with E-state index in [9.17, 15) is 23.3 Å². The Kier molecular flexibility index (Phi) is 6.60. The number of carbonyl (C=O) groups is 1. The molecule has 1 aliphatic rings. The lowest BCUT2D eigenvalue weighted by atomic mass is 9.97. The van der Waals surface area contributed by atoms with E-state index in [0.29, 0.717) is 19.4 Å². The van der Waals surface area contributed by atoms with E-state index in [1.54, 1.807) is 10.9 Å². The molecule has 1 N–H and O–H groups in total. The summed E-state index contributed by atoms with van der Waals surface area (Å²) in [6, 6.07) is 6.68. The van der Waals surface area contributed by atoms with Crippen LogP contribution in [0.25, 0.3) is 0 Å². The number of hydrogen-bond donors (Lipinski definition) is 1. The molecule has 29 heavy (non-hydrogen) atoms. The first-order valence-corrected chi connectivity index (χ1v) is 10.8. The van der Waals surface area contributed by atoms with E-state index < -0.39 is 14.9 Å². The van der Waals surface area contributed by atoms with E-state index in [1.807, 2.05) is 12.3 Å². The van der Waals surface area contributed by atoms with Gasteiger partial charge in [0, 0.05) is 56.6 Å². The second kappa shape index (κ2) is 9.14. The molecule has 10 nitrogen and oxygen atoms in total. The van der Waals surface area contributed by atoms with Crippen LogP contribution in [-0.2, 0) is 21.4 Å². The molecule has 1 fully saturated rings. The molecule has 156 valence electrons. The van der Waals surface area contributed by atoms with Crippen LogP contribution in [0.3, 0.4) is 0 Å². The van der Waals surface area contributed by atoms with Gasteiger partial charge in [0.1, 0.15) is 0 Å². The molecule has 1 aromatic heterocycles. The van der Waals surface area contributed by atoms with Crippen molar-refractivity contribution < 1.29 is 18.1 Å². The fourth-order valence-electron chi connectivity index (χ4n) is 3.28. The van der Waals surface area contributed by atoms with Crippen LogP contribution in [0.5, 0.6) is 0 Å². The highest BCUT2D eigenvalue weighted by Gasteiger charge is 2.32. The lowest BCUT2D eigenvalue weighted by Crippen LogP contribution is -2.43. The van der Waals surface area contributed by atoms with Crippen LogP contribution in [0, 0.1) is 16.0 Å². The van der Waals surface area contributed by atoms with Crippen LogP contribution < -0.4 is 5.32 Å². The SMILES string of the molecule is O=C(NCCCn1cccn1)C1CCN(S(=O)(=O)c2ccc([N+](=O)[O-])cc2)CC1. The zero-order valence-electron chi connectivity index (χ0n) is 15.8. The number of benzene rings is 1. The smallest absolute Gasteiger partial charge is 0.269 e. The molecule has 0 unspecified atom stereocenters. The molecule has 1 aliphatic heterocycles. The van der Waals surface area contributed by atoms with E-state index in [-0.39, 0.29) is 35.5 Å². The number of rotatable bonds is 8. The summed E-state index contributed by atoms with van der Waals surface area (Å²) in [6.07, 6.45) is 5.22. The summed E-state index contributed by atoms with van der Waals surface area (Å²) in [5.41, 5.74) is -0.160. The largest absolute Gasteiger partial charge is 0.356 e. The van der Waals surface area contributed by atoms with Gasteiger partial charge in [-0.15, -0.1) is 0 Å². The first kappa shape index (κ1) is 20.9. The molecule has 0 atom stereocenters. The number of nitrogens with zero attached hydrogens (tertiary/aromatic N) is 4. The van der Waals surface area contributed by atoms with Gasteiger partial charge in [-0.1, -0.05) is 0 Å². The van der Waals surface area contributed by atoms with Crippen molar-refractivity contribution in [2.24, 2.45) is 5.92 Å². The van der Waals surface area contributed by atoms with Gasteiger partial charge in [-0.2, -0.15) is 9.40 Å². The zero-order valence-corrected chi connectivity index (χ0v) is 16.6. The van der Waals surface area contributed by atoms with Gasteiger partial charge in [0.25, 0.3) is 5.69 Å². The van der Waals surface area contributed by atoms with E-state index in [1.165, 1.54) is 28.6 Å². The molecular weight excluding hydrogens is 398 g/mol. The van der Waals surface area contributed by atoms with Crippen molar-refractivity contribution >= 4 is 21.6 Å². The lowest BCUT2D eigenvalue weighted by molar-refractivity contribution is -0.384. The monoisotopic (exact) mass is 421 g/mol. The molecule has 2 aromatic rings. The Labute approximate surface area is 168 Å². The van der Waals surface area contributed by atoms with Crippen LogP contribution >= 0.6 is 0 Å². The summed E-state index contributed by atoms with van der Waals surface area (Å²) < 4.78 is 28.6. The standard InChI is InChI=1S/C18H23N5O5S/c24-18(19-9-1-11-21-12-2-10-20-21)15-7-13-22(14-8-15)29(27,28)17-5-3-16(4-6-17)23(25)26/h2-6,10,12,15H,1,7-9,11,13-14H2,(H,19,24). The van der Waals surface area contributed by atoms with Crippen LogP contribution in [0.15, 0.2) is 47.6 Å². The van der Waals surface area contributed by atoms with Crippen molar-refractivity contribution in [3.8, 4) is 0 Å². The fourth-order valence-corrected chi connectivity index (χ4v) is 4.75. The number of sulfonamides is 1. The Bertz CT molecular complexity index is 936. The summed E-state index contributed by atoms with van der Waals surface area (Å²) in [4.78, 5) is 22.5. The molecule has 11 heteroatoms. The number of nitrogens with one attached hydrogen (secondary N) is 1. The number of carbonyl (C=O) groups excluding carboxylic acids is 1. The third kappa shape index (κ3) is 5.18. The van der Waals surface area contributed by atoms with Gasteiger partial charge in [0.05, 0.1) is 9.82 Å². The third-order valence-electron chi connectivity index (χ3n) is 4.93. The molecule has 0 bridgehead atoms. The minimum atomic E-state index is -3.73. The molecule has 0 radical (unpaired) electrons. The van der Waals surface area contributed by atoms with Crippen molar-refractivity contribution in [1.82, 2.24) is 19.4 Å². The molecule has 0 aliphatic carbocycles. The summed E-state index contributed by atoms with van der Waals surface area (Å²) >= 11 is 0. The Hall–Kier alpha value is -2.79.